The van der Waals surface area contributed by atoms with Gasteiger partial charge in [0.15, 0.2) is 0 Å². The molecule has 2 unspecified atom stereocenters. The number of rotatable bonds is 2. The largest absolute Gasteiger partial charge is 0.364 e. The number of ether oxygens (including phenoxy) is 1. The molecule has 0 aliphatic carbocycles. The Balaban J connectivity index is 2.19. The van der Waals surface area contributed by atoms with E-state index in [1.54, 1.807) is 18.2 Å². The summed E-state index contributed by atoms with van der Waals surface area (Å²) in [6, 6.07) is 7.10. The van der Waals surface area contributed by atoms with E-state index in [9.17, 15) is 4.21 Å². The van der Waals surface area contributed by atoms with Gasteiger partial charge in [0.1, 0.15) is 5.44 Å². The minimum Gasteiger partial charge on any atom is -0.364 e. The topological polar surface area (TPSA) is 26.3 Å². The lowest BCUT2D eigenvalue weighted by atomic mass is 10.4. The Kier molecular flexibility index (Phi) is 2.67. The van der Waals surface area contributed by atoms with Gasteiger partial charge in [0.2, 0.25) is 0 Å². The lowest BCUT2D eigenvalue weighted by molar-refractivity contribution is 0.00639. The molecule has 0 N–H and O–H groups in total. The molecule has 0 radical (unpaired) electrons. The van der Waals surface area contributed by atoms with Crippen molar-refractivity contribution in [2.24, 2.45) is 0 Å². The predicted molar refractivity (Wildman–Crippen MR) is 52.2 cm³/mol. The average Bonchev–Trinajstić information content (AvgIpc) is 2.01. The molecule has 0 aromatic heterocycles. The van der Waals surface area contributed by atoms with Crippen LogP contribution in [0.5, 0.6) is 0 Å². The van der Waals surface area contributed by atoms with Crippen molar-refractivity contribution in [3.05, 3.63) is 29.3 Å². The van der Waals surface area contributed by atoms with Crippen LogP contribution in [0.2, 0.25) is 5.02 Å². The maximum absolute atomic E-state index is 11.7. The highest BCUT2D eigenvalue weighted by Gasteiger charge is 2.25. The van der Waals surface area contributed by atoms with Crippen LogP contribution in [-0.4, -0.2) is 16.3 Å². The first kappa shape index (κ1) is 9.19. The molecule has 1 aliphatic heterocycles. The molecule has 0 spiro atoms. The molecule has 2 nitrogen and oxygen atoms in total. The Morgan fingerprint density at radius 2 is 2.31 bits per heavy atom. The summed E-state index contributed by atoms with van der Waals surface area (Å²) < 4.78 is 16.9. The standard InChI is InChI=1S/C9H9ClO2S/c10-7-2-1-3-8(6-7)13(11)9-4-5-12-9/h1-3,6,9H,4-5H2. The maximum atomic E-state index is 11.7. The van der Waals surface area contributed by atoms with Crippen LogP contribution in [0.1, 0.15) is 6.42 Å². The zero-order valence-corrected chi connectivity index (χ0v) is 8.48. The smallest absolute Gasteiger partial charge is 0.139 e. The molecule has 1 heterocycles. The molecule has 1 fully saturated rings. The zero-order valence-electron chi connectivity index (χ0n) is 6.90. The first-order valence-electron chi connectivity index (χ1n) is 4.05. The van der Waals surface area contributed by atoms with Crippen molar-refractivity contribution in [1.29, 1.82) is 0 Å². The molecule has 2 rings (SSSR count). The molecule has 4 heteroatoms. The highest BCUT2D eigenvalue weighted by Crippen LogP contribution is 2.23. The molecular weight excluding hydrogens is 208 g/mol. The van der Waals surface area contributed by atoms with Gasteiger partial charge in [-0.2, -0.15) is 0 Å². The number of hydrogen-bond acceptors (Lipinski definition) is 2. The number of benzene rings is 1. The highest BCUT2D eigenvalue weighted by atomic mass is 35.5. The normalized spacial score (nSPS) is 23.6. The quantitative estimate of drug-likeness (QED) is 0.758. The van der Waals surface area contributed by atoms with Gasteiger partial charge in [-0.25, -0.2) is 0 Å². The molecule has 70 valence electrons. The molecule has 2 atom stereocenters. The summed E-state index contributed by atoms with van der Waals surface area (Å²) in [5.74, 6) is 0. The van der Waals surface area contributed by atoms with Crippen LogP contribution in [0.25, 0.3) is 0 Å². The Hall–Kier alpha value is -0.380. The first-order valence-corrected chi connectivity index (χ1v) is 5.64. The monoisotopic (exact) mass is 216 g/mol. The Morgan fingerprint density at radius 3 is 2.85 bits per heavy atom. The van der Waals surface area contributed by atoms with Crippen molar-refractivity contribution in [3.63, 3.8) is 0 Å². The third-order valence-electron chi connectivity index (χ3n) is 1.92. The van der Waals surface area contributed by atoms with E-state index < -0.39 is 10.8 Å². The van der Waals surface area contributed by atoms with E-state index in [0.29, 0.717) is 5.02 Å². The van der Waals surface area contributed by atoms with Gasteiger partial charge in [-0.05, 0) is 18.2 Å². The average molecular weight is 217 g/mol. The fraction of sp³-hybridized carbons (Fsp3) is 0.333. The fourth-order valence-corrected chi connectivity index (χ4v) is 2.67. The maximum Gasteiger partial charge on any atom is 0.139 e. The van der Waals surface area contributed by atoms with Crippen molar-refractivity contribution in [1.82, 2.24) is 0 Å². The second kappa shape index (κ2) is 3.78. The van der Waals surface area contributed by atoms with E-state index in [-0.39, 0.29) is 5.44 Å². The van der Waals surface area contributed by atoms with E-state index in [0.717, 1.165) is 17.9 Å². The lowest BCUT2D eigenvalue weighted by Gasteiger charge is -2.25. The van der Waals surface area contributed by atoms with E-state index >= 15 is 0 Å². The van der Waals surface area contributed by atoms with Crippen molar-refractivity contribution >= 4 is 22.4 Å². The van der Waals surface area contributed by atoms with Gasteiger partial charge in [0, 0.05) is 16.3 Å². The summed E-state index contributed by atoms with van der Waals surface area (Å²) in [5.41, 5.74) is -0.126. The molecule has 0 saturated carbocycles. The highest BCUT2D eigenvalue weighted by molar-refractivity contribution is 7.85. The summed E-state index contributed by atoms with van der Waals surface area (Å²) in [6.07, 6.45) is 0.874. The molecule has 0 amide bonds. The van der Waals surface area contributed by atoms with Crippen molar-refractivity contribution in [3.8, 4) is 0 Å². The SMILES string of the molecule is O=S(c1cccc(Cl)c1)C1CCO1. The Labute approximate surface area is 84.3 Å². The summed E-state index contributed by atoms with van der Waals surface area (Å²) in [7, 11) is -1.06. The van der Waals surface area contributed by atoms with Gasteiger partial charge < -0.3 is 4.74 Å². The van der Waals surface area contributed by atoms with Gasteiger partial charge in [0.05, 0.1) is 17.4 Å². The summed E-state index contributed by atoms with van der Waals surface area (Å²) in [6.45, 7) is 0.719. The number of hydrogen-bond donors (Lipinski definition) is 0. The van der Waals surface area contributed by atoms with Crippen LogP contribution in [0, 0.1) is 0 Å². The van der Waals surface area contributed by atoms with Gasteiger partial charge in [0.25, 0.3) is 0 Å². The van der Waals surface area contributed by atoms with Crippen LogP contribution < -0.4 is 0 Å². The molecule has 13 heavy (non-hydrogen) atoms. The zero-order chi connectivity index (χ0) is 9.26. The summed E-state index contributed by atoms with van der Waals surface area (Å²) >= 11 is 5.78. The molecular formula is C9H9ClO2S. The van der Waals surface area contributed by atoms with E-state index in [1.807, 2.05) is 6.07 Å². The van der Waals surface area contributed by atoms with E-state index in [4.69, 9.17) is 16.3 Å². The van der Waals surface area contributed by atoms with Crippen LogP contribution in [0.15, 0.2) is 29.2 Å². The first-order chi connectivity index (χ1) is 6.27. The molecule has 1 aliphatic rings. The second-order valence-corrected chi connectivity index (χ2v) is 4.87. The van der Waals surface area contributed by atoms with Gasteiger partial charge >= 0.3 is 0 Å². The Morgan fingerprint density at radius 1 is 1.54 bits per heavy atom. The molecule has 1 saturated heterocycles. The summed E-state index contributed by atoms with van der Waals surface area (Å²) in [4.78, 5) is 0.747. The van der Waals surface area contributed by atoms with Gasteiger partial charge in [-0.3, -0.25) is 4.21 Å². The molecule has 1 aromatic rings. The van der Waals surface area contributed by atoms with E-state index in [2.05, 4.69) is 0 Å². The van der Waals surface area contributed by atoms with Crippen molar-refractivity contribution in [2.45, 2.75) is 16.8 Å². The predicted octanol–water partition coefficient (Wildman–Crippen LogP) is 2.19. The van der Waals surface area contributed by atoms with E-state index in [1.165, 1.54) is 0 Å². The van der Waals surface area contributed by atoms with Crippen LogP contribution in [0.3, 0.4) is 0 Å². The third kappa shape index (κ3) is 1.93. The summed E-state index contributed by atoms with van der Waals surface area (Å²) in [5, 5.41) is 0.616. The fourth-order valence-electron chi connectivity index (χ4n) is 1.13. The molecule has 1 aromatic carbocycles. The number of halogens is 1. The van der Waals surface area contributed by atoms with Crippen LogP contribution in [-0.2, 0) is 15.5 Å². The second-order valence-electron chi connectivity index (χ2n) is 2.84. The van der Waals surface area contributed by atoms with Crippen molar-refractivity contribution < 1.29 is 8.95 Å². The van der Waals surface area contributed by atoms with Gasteiger partial charge in [-0.15, -0.1) is 0 Å². The minimum atomic E-state index is -1.06. The van der Waals surface area contributed by atoms with Crippen LogP contribution in [0.4, 0.5) is 0 Å². The third-order valence-corrected chi connectivity index (χ3v) is 3.73. The van der Waals surface area contributed by atoms with Gasteiger partial charge in [-0.1, -0.05) is 17.7 Å². The lowest BCUT2D eigenvalue weighted by Crippen LogP contribution is -2.31. The van der Waals surface area contributed by atoms with Crippen LogP contribution >= 0.6 is 11.6 Å². The minimum absolute atomic E-state index is 0.126. The van der Waals surface area contributed by atoms with Crippen molar-refractivity contribution in [2.75, 3.05) is 6.61 Å². The Bertz CT molecular complexity index is 336. The molecule has 0 bridgehead atoms.